The number of benzene rings is 2. The summed E-state index contributed by atoms with van der Waals surface area (Å²) in [6, 6.07) is 11.8. The van der Waals surface area contributed by atoms with Gasteiger partial charge in [-0.15, -0.1) is 0 Å². The lowest BCUT2D eigenvalue weighted by atomic mass is 10.1. The van der Waals surface area contributed by atoms with E-state index in [4.69, 9.17) is 16.3 Å². The highest BCUT2D eigenvalue weighted by atomic mass is 79.9. The van der Waals surface area contributed by atoms with Crippen LogP contribution in [0.15, 0.2) is 53.5 Å². The minimum Gasteiger partial charge on any atom is -0.489 e. The predicted octanol–water partition coefficient (Wildman–Crippen LogP) is 5.59. The zero-order valence-electron chi connectivity index (χ0n) is 11.8. The predicted molar refractivity (Wildman–Crippen MR) is 93.3 cm³/mol. The molecule has 0 aromatic heterocycles. The third-order valence-corrected chi connectivity index (χ3v) is 3.78. The van der Waals surface area contributed by atoms with Crippen molar-refractivity contribution in [3.05, 3.63) is 69.7 Å². The highest BCUT2D eigenvalue weighted by molar-refractivity contribution is 9.10. The molecule has 21 heavy (non-hydrogen) atoms. The summed E-state index contributed by atoms with van der Waals surface area (Å²) in [7, 11) is 0. The Hall–Kier alpha value is -1.45. The average molecular weight is 367 g/mol. The van der Waals surface area contributed by atoms with Crippen molar-refractivity contribution >= 4 is 33.2 Å². The number of ether oxygens (including phenoxy) is 1. The zero-order valence-corrected chi connectivity index (χ0v) is 14.2. The Balaban J connectivity index is 2.16. The molecular formula is C17H17BrClNO. The van der Waals surface area contributed by atoms with Crippen molar-refractivity contribution in [1.29, 1.82) is 0 Å². The van der Waals surface area contributed by atoms with Gasteiger partial charge in [-0.2, -0.15) is 0 Å². The third kappa shape index (κ3) is 4.51. The van der Waals surface area contributed by atoms with Crippen LogP contribution < -0.4 is 10.1 Å². The van der Waals surface area contributed by atoms with Crippen molar-refractivity contribution in [1.82, 2.24) is 0 Å². The van der Waals surface area contributed by atoms with Crippen LogP contribution in [-0.2, 0) is 6.54 Å². The Kier molecular flexibility index (Phi) is 5.71. The van der Waals surface area contributed by atoms with E-state index in [0.717, 1.165) is 32.1 Å². The van der Waals surface area contributed by atoms with Crippen LogP contribution >= 0.6 is 27.5 Å². The van der Waals surface area contributed by atoms with E-state index in [-0.39, 0.29) is 0 Å². The Bertz CT molecular complexity index is 643. The van der Waals surface area contributed by atoms with E-state index in [1.165, 1.54) is 0 Å². The second kappa shape index (κ2) is 7.53. The van der Waals surface area contributed by atoms with Gasteiger partial charge in [0.2, 0.25) is 0 Å². The summed E-state index contributed by atoms with van der Waals surface area (Å²) in [6.07, 6.45) is 1.74. The van der Waals surface area contributed by atoms with E-state index in [0.29, 0.717) is 13.2 Å². The molecule has 0 amide bonds. The van der Waals surface area contributed by atoms with Crippen LogP contribution in [0, 0.1) is 6.92 Å². The highest BCUT2D eigenvalue weighted by Gasteiger charge is 2.06. The van der Waals surface area contributed by atoms with Gasteiger partial charge in [0, 0.05) is 27.3 Å². The Morgan fingerprint density at radius 3 is 2.86 bits per heavy atom. The summed E-state index contributed by atoms with van der Waals surface area (Å²) in [6.45, 7) is 6.87. The van der Waals surface area contributed by atoms with Crippen molar-refractivity contribution in [2.45, 2.75) is 13.5 Å². The largest absolute Gasteiger partial charge is 0.489 e. The minimum absolute atomic E-state index is 0.491. The molecule has 0 atom stereocenters. The average Bonchev–Trinajstić information content (AvgIpc) is 2.47. The quantitative estimate of drug-likeness (QED) is 0.673. The molecule has 4 heteroatoms. The summed E-state index contributed by atoms with van der Waals surface area (Å²) in [5, 5.41) is 4.13. The molecule has 0 aliphatic heterocycles. The first-order valence-corrected chi connectivity index (χ1v) is 7.79. The fraction of sp³-hybridized carbons (Fsp3) is 0.176. The van der Waals surface area contributed by atoms with Crippen molar-refractivity contribution in [3.8, 4) is 5.75 Å². The van der Waals surface area contributed by atoms with E-state index in [1.807, 2.05) is 36.4 Å². The molecule has 0 fully saturated rings. The maximum absolute atomic E-state index is 6.04. The molecule has 0 spiro atoms. The molecule has 0 aliphatic rings. The first-order chi connectivity index (χ1) is 10.1. The molecule has 2 nitrogen and oxygen atoms in total. The summed E-state index contributed by atoms with van der Waals surface area (Å²) in [4.78, 5) is 0. The van der Waals surface area contributed by atoms with E-state index < -0.39 is 0 Å². The molecule has 0 aliphatic carbocycles. The van der Waals surface area contributed by atoms with E-state index >= 15 is 0 Å². The van der Waals surface area contributed by atoms with E-state index in [1.54, 1.807) is 6.08 Å². The second-order valence-electron chi connectivity index (χ2n) is 4.66. The van der Waals surface area contributed by atoms with Gasteiger partial charge < -0.3 is 10.1 Å². The van der Waals surface area contributed by atoms with Crippen molar-refractivity contribution in [2.75, 3.05) is 11.9 Å². The van der Waals surface area contributed by atoms with E-state index in [9.17, 15) is 0 Å². The monoisotopic (exact) mass is 365 g/mol. The molecule has 0 radical (unpaired) electrons. The lowest BCUT2D eigenvalue weighted by molar-refractivity contribution is 0.359. The maximum atomic E-state index is 6.04. The summed E-state index contributed by atoms with van der Waals surface area (Å²) in [5.41, 5.74) is 3.26. The number of anilines is 1. The smallest absolute Gasteiger partial charge is 0.124 e. The lowest BCUT2D eigenvalue weighted by Gasteiger charge is -2.14. The molecule has 2 rings (SSSR count). The van der Waals surface area contributed by atoms with Gasteiger partial charge >= 0.3 is 0 Å². The topological polar surface area (TPSA) is 21.3 Å². The van der Waals surface area contributed by atoms with Gasteiger partial charge in [0.25, 0.3) is 0 Å². The van der Waals surface area contributed by atoms with Gasteiger partial charge in [-0.3, -0.25) is 0 Å². The summed E-state index contributed by atoms with van der Waals surface area (Å²) in [5.74, 6) is 0.852. The molecule has 2 aromatic carbocycles. The van der Waals surface area contributed by atoms with Gasteiger partial charge in [0.1, 0.15) is 12.4 Å². The van der Waals surface area contributed by atoms with Crippen LogP contribution in [-0.4, -0.2) is 6.61 Å². The number of nitrogens with one attached hydrogen (secondary N) is 1. The highest BCUT2D eigenvalue weighted by Crippen LogP contribution is 2.26. The number of aryl methyl sites for hydroxylation is 1. The number of halogens is 2. The molecule has 110 valence electrons. The summed E-state index contributed by atoms with van der Waals surface area (Å²) < 4.78 is 6.70. The van der Waals surface area contributed by atoms with Crippen LogP contribution in [0.2, 0.25) is 5.02 Å². The van der Waals surface area contributed by atoms with Crippen LogP contribution in [0.25, 0.3) is 0 Å². The molecule has 0 unspecified atom stereocenters. The van der Waals surface area contributed by atoms with E-state index in [2.05, 4.69) is 34.7 Å². The number of hydrogen-bond acceptors (Lipinski definition) is 2. The first-order valence-electron chi connectivity index (χ1n) is 6.62. The first kappa shape index (κ1) is 15.9. The van der Waals surface area contributed by atoms with Crippen LogP contribution in [0.4, 0.5) is 5.69 Å². The Labute approximate surface area is 138 Å². The molecule has 0 heterocycles. The standard InChI is InChI=1S/C17H17BrClNO/c1-3-8-21-17-7-5-14(18)9-13(17)11-20-16-10-15(19)6-4-12(16)2/h3-7,9-10,20H,1,8,11H2,2H3. The minimum atomic E-state index is 0.491. The third-order valence-electron chi connectivity index (χ3n) is 3.05. The molecule has 0 saturated heterocycles. The van der Waals surface area contributed by atoms with Gasteiger partial charge in [-0.05, 0) is 42.8 Å². The fourth-order valence-corrected chi connectivity index (χ4v) is 2.53. The molecule has 0 bridgehead atoms. The molecule has 2 aromatic rings. The van der Waals surface area contributed by atoms with Gasteiger partial charge in [-0.1, -0.05) is 46.3 Å². The van der Waals surface area contributed by atoms with Crippen molar-refractivity contribution in [2.24, 2.45) is 0 Å². The zero-order chi connectivity index (χ0) is 15.2. The normalized spacial score (nSPS) is 10.2. The van der Waals surface area contributed by atoms with Crippen molar-refractivity contribution < 1.29 is 4.74 Å². The van der Waals surface area contributed by atoms with Crippen molar-refractivity contribution in [3.63, 3.8) is 0 Å². The molecule has 1 N–H and O–H groups in total. The maximum Gasteiger partial charge on any atom is 0.124 e. The van der Waals surface area contributed by atoms with Gasteiger partial charge in [-0.25, -0.2) is 0 Å². The Morgan fingerprint density at radius 1 is 1.29 bits per heavy atom. The summed E-state index contributed by atoms with van der Waals surface area (Å²) >= 11 is 9.53. The second-order valence-corrected chi connectivity index (χ2v) is 6.02. The van der Waals surface area contributed by atoms with Gasteiger partial charge in [0.15, 0.2) is 0 Å². The van der Waals surface area contributed by atoms with Crippen LogP contribution in [0.1, 0.15) is 11.1 Å². The van der Waals surface area contributed by atoms with Crippen LogP contribution in [0.5, 0.6) is 5.75 Å². The number of hydrogen-bond donors (Lipinski definition) is 1. The van der Waals surface area contributed by atoms with Crippen LogP contribution in [0.3, 0.4) is 0 Å². The molecule has 0 saturated carbocycles. The lowest BCUT2D eigenvalue weighted by Crippen LogP contribution is -2.04. The number of rotatable bonds is 6. The fourth-order valence-electron chi connectivity index (χ4n) is 1.95. The molecular weight excluding hydrogens is 350 g/mol. The van der Waals surface area contributed by atoms with Gasteiger partial charge in [0.05, 0.1) is 0 Å². The Morgan fingerprint density at radius 2 is 2.10 bits per heavy atom. The SMILES string of the molecule is C=CCOc1ccc(Br)cc1CNc1cc(Cl)ccc1C.